The second-order valence-electron chi connectivity index (χ2n) is 10.3. The van der Waals surface area contributed by atoms with Crippen LogP contribution in [0.15, 0.2) is 35.3 Å². The summed E-state index contributed by atoms with van der Waals surface area (Å²) in [6, 6.07) is 5.62. The predicted molar refractivity (Wildman–Crippen MR) is 138 cm³/mol. The number of alkyl halides is 3. The normalized spacial score (nSPS) is 18.2. The van der Waals surface area contributed by atoms with Crippen molar-refractivity contribution >= 4 is 17.1 Å². The van der Waals surface area contributed by atoms with Gasteiger partial charge in [-0.1, -0.05) is 38.3 Å². The molecule has 5 rings (SSSR count). The summed E-state index contributed by atoms with van der Waals surface area (Å²) in [5.41, 5.74) is 1.75. The molecule has 0 atom stereocenters. The second-order valence-corrected chi connectivity index (χ2v) is 10.3. The van der Waals surface area contributed by atoms with Crippen molar-refractivity contribution in [1.29, 1.82) is 0 Å². The topological polar surface area (TPSA) is 68.0 Å². The Morgan fingerprint density at radius 3 is 2.32 bits per heavy atom. The molecule has 10 heteroatoms. The Labute approximate surface area is 214 Å². The van der Waals surface area contributed by atoms with Gasteiger partial charge in [-0.25, -0.2) is 9.78 Å². The maximum absolute atomic E-state index is 13.8. The summed E-state index contributed by atoms with van der Waals surface area (Å²) in [6.07, 6.45) is 5.40. The highest BCUT2D eigenvalue weighted by atomic mass is 19.4. The van der Waals surface area contributed by atoms with Crippen LogP contribution in [-0.4, -0.2) is 43.6 Å². The molecule has 37 heavy (non-hydrogen) atoms. The van der Waals surface area contributed by atoms with E-state index in [2.05, 4.69) is 22.1 Å². The lowest BCUT2D eigenvalue weighted by molar-refractivity contribution is -0.137. The molecule has 2 aromatic heterocycles. The summed E-state index contributed by atoms with van der Waals surface area (Å²) in [5.74, 6) is 0.554. The number of nitrogens with one attached hydrogen (secondary N) is 1. The number of fused-ring (bicyclic) bond motifs is 1. The van der Waals surface area contributed by atoms with Crippen LogP contribution in [0.3, 0.4) is 0 Å². The highest BCUT2D eigenvalue weighted by Crippen LogP contribution is 2.33. The van der Waals surface area contributed by atoms with E-state index in [9.17, 15) is 18.0 Å². The zero-order valence-corrected chi connectivity index (χ0v) is 21.3. The van der Waals surface area contributed by atoms with Gasteiger partial charge in [0.25, 0.3) is 0 Å². The van der Waals surface area contributed by atoms with Crippen molar-refractivity contribution in [2.45, 2.75) is 83.1 Å². The average Bonchev–Trinajstić information content (AvgIpc) is 3.50. The summed E-state index contributed by atoms with van der Waals surface area (Å²) in [6.45, 7) is 5.05. The fourth-order valence-corrected chi connectivity index (χ4v) is 5.72. The summed E-state index contributed by atoms with van der Waals surface area (Å²) in [5, 5.41) is 3.29. The van der Waals surface area contributed by atoms with Gasteiger partial charge in [0.15, 0.2) is 5.65 Å². The summed E-state index contributed by atoms with van der Waals surface area (Å²) in [7, 11) is 0. The number of hydrogen-bond donors (Lipinski definition) is 1. The minimum atomic E-state index is -4.32. The molecule has 3 heterocycles. The molecule has 0 amide bonds. The number of imidazole rings is 1. The van der Waals surface area contributed by atoms with Crippen LogP contribution in [0.5, 0.6) is 0 Å². The monoisotopic (exact) mass is 516 g/mol. The third-order valence-electron chi connectivity index (χ3n) is 7.76. The SMILES string of the molecule is CCCCNc1ncc2c(n1)n(C1CCN(Cc3ccc(C(F)(F)F)cc3)CC1)c(=O)n2C1CCCC1. The lowest BCUT2D eigenvalue weighted by atomic mass is 10.0. The molecule has 3 aromatic rings. The van der Waals surface area contributed by atoms with Crippen LogP contribution >= 0.6 is 0 Å². The van der Waals surface area contributed by atoms with Gasteiger partial charge in [-0.05, 0) is 49.8 Å². The van der Waals surface area contributed by atoms with E-state index in [1.807, 2.05) is 9.13 Å². The Balaban J connectivity index is 1.35. The third kappa shape index (κ3) is 5.54. The number of rotatable bonds is 8. The fourth-order valence-electron chi connectivity index (χ4n) is 5.72. The Bertz CT molecular complexity index is 1250. The van der Waals surface area contributed by atoms with E-state index in [0.717, 1.165) is 94.2 Å². The van der Waals surface area contributed by atoms with Crippen LogP contribution in [-0.2, 0) is 12.7 Å². The molecule has 0 bridgehead atoms. The molecule has 1 saturated carbocycles. The van der Waals surface area contributed by atoms with Crippen LogP contribution in [0, 0.1) is 0 Å². The number of hydrogen-bond acceptors (Lipinski definition) is 5. The molecule has 1 aromatic carbocycles. The number of anilines is 1. The predicted octanol–water partition coefficient (Wildman–Crippen LogP) is 5.78. The number of nitrogens with zero attached hydrogens (tertiary/aromatic N) is 5. The molecular formula is C27H35F3N6O. The third-order valence-corrected chi connectivity index (χ3v) is 7.76. The molecule has 1 saturated heterocycles. The minimum absolute atomic E-state index is 0.00287. The van der Waals surface area contributed by atoms with Gasteiger partial charge >= 0.3 is 11.9 Å². The molecule has 0 spiro atoms. The first kappa shape index (κ1) is 25.8. The summed E-state index contributed by atoms with van der Waals surface area (Å²) >= 11 is 0. The molecule has 2 fully saturated rings. The highest BCUT2D eigenvalue weighted by molar-refractivity contribution is 5.72. The fraction of sp³-hybridized carbons (Fsp3) is 0.593. The summed E-state index contributed by atoms with van der Waals surface area (Å²) < 4.78 is 42.4. The number of benzene rings is 1. The Kier molecular flexibility index (Phi) is 7.55. The van der Waals surface area contributed by atoms with E-state index < -0.39 is 11.7 Å². The largest absolute Gasteiger partial charge is 0.416 e. The molecule has 2 aliphatic rings. The lowest BCUT2D eigenvalue weighted by Gasteiger charge is -2.32. The molecule has 1 aliphatic heterocycles. The molecule has 200 valence electrons. The van der Waals surface area contributed by atoms with Crippen LogP contribution in [0.2, 0.25) is 0 Å². The van der Waals surface area contributed by atoms with Gasteiger partial charge in [-0.2, -0.15) is 18.2 Å². The number of aromatic nitrogens is 4. The molecule has 1 N–H and O–H groups in total. The van der Waals surface area contributed by atoms with Crippen LogP contribution < -0.4 is 11.0 Å². The number of unbranched alkanes of at least 4 members (excludes halogenated alkanes) is 1. The first-order valence-electron chi connectivity index (χ1n) is 13.5. The zero-order chi connectivity index (χ0) is 26.0. The zero-order valence-electron chi connectivity index (χ0n) is 21.3. The maximum atomic E-state index is 13.8. The molecule has 1 aliphatic carbocycles. The standard InChI is InChI=1S/C27H35F3N6O/c1-2-3-14-31-25-32-17-23-24(33-25)36(26(37)35(23)21-6-4-5-7-21)22-12-15-34(16-13-22)18-19-8-10-20(11-9-19)27(28,29)30/h8-11,17,21-22H,2-7,12-16,18H2,1H3,(H,31,32,33). The van der Waals surface area contributed by atoms with Gasteiger partial charge in [0.1, 0.15) is 5.52 Å². The Hall–Kier alpha value is -2.88. The maximum Gasteiger partial charge on any atom is 0.416 e. The van der Waals surface area contributed by atoms with Gasteiger partial charge in [0, 0.05) is 38.3 Å². The van der Waals surface area contributed by atoms with Gasteiger partial charge in [-0.3, -0.25) is 14.0 Å². The van der Waals surface area contributed by atoms with E-state index in [-0.39, 0.29) is 17.8 Å². The van der Waals surface area contributed by atoms with Gasteiger partial charge in [-0.15, -0.1) is 0 Å². The number of halogens is 3. The average molecular weight is 517 g/mol. The number of piperidine rings is 1. The number of likely N-dealkylation sites (tertiary alicyclic amines) is 1. The molecule has 0 unspecified atom stereocenters. The smallest absolute Gasteiger partial charge is 0.354 e. The van der Waals surface area contributed by atoms with Crippen molar-refractivity contribution in [2.24, 2.45) is 0 Å². The van der Waals surface area contributed by atoms with E-state index in [1.165, 1.54) is 0 Å². The lowest BCUT2D eigenvalue weighted by Crippen LogP contribution is -2.38. The van der Waals surface area contributed by atoms with E-state index in [0.29, 0.717) is 18.1 Å². The van der Waals surface area contributed by atoms with Crippen LogP contribution in [0.25, 0.3) is 11.2 Å². The molecule has 0 radical (unpaired) electrons. The van der Waals surface area contributed by atoms with Gasteiger partial charge in [0.2, 0.25) is 5.95 Å². The first-order chi connectivity index (χ1) is 17.8. The quantitative estimate of drug-likeness (QED) is 0.385. The van der Waals surface area contributed by atoms with Crippen molar-refractivity contribution in [3.63, 3.8) is 0 Å². The van der Waals surface area contributed by atoms with E-state index in [4.69, 9.17) is 4.98 Å². The van der Waals surface area contributed by atoms with Crippen LogP contribution in [0.4, 0.5) is 19.1 Å². The highest BCUT2D eigenvalue weighted by Gasteiger charge is 2.31. The first-order valence-corrected chi connectivity index (χ1v) is 13.5. The van der Waals surface area contributed by atoms with Crippen molar-refractivity contribution in [3.05, 3.63) is 52.1 Å². The van der Waals surface area contributed by atoms with Crippen molar-refractivity contribution in [3.8, 4) is 0 Å². The minimum Gasteiger partial charge on any atom is -0.354 e. The van der Waals surface area contributed by atoms with Crippen molar-refractivity contribution in [1.82, 2.24) is 24.0 Å². The van der Waals surface area contributed by atoms with Gasteiger partial charge < -0.3 is 5.32 Å². The van der Waals surface area contributed by atoms with Gasteiger partial charge in [0.05, 0.1) is 11.8 Å². The molecular weight excluding hydrogens is 481 g/mol. The van der Waals surface area contributed by atoms with Crippen molar-refractivity contribution in [2.75, 3.05) is 25.0 Å². The van der Waals surface area contributed by atoms with E-state index >= 15 is 0 Å². The van der Waals surface area contributed by atoms with Crippen molar-refractivity contribution < 1.29 is 13.2 Å². The Morgan fingerprint density at radius 1 is 1.00 bits per heavy atom. The Morgan fingerprint density at radius 2 is 1.68 bits per heavy atom. The summed E-state index contributed by atoms with van der Waals surface area (Å²) in [4.78, 5) is 25.3. The molecule has 7 nitrogen and oxygen atoms in total. The van der Waals surface area contributed by atoms with Crippen LogP contribution in [0.1, 0.15) is 81.5 Å². The van der Waals surface area contributed by atoms with E-state index in [1.54, 1.807) is 18.3 Å². The second kappa shape index (κ2) is 10.8.